The molecule has 1 aromatic heterocycles. The van der Waals surface area contributed by atoms with Crippen LogP contribution in [0.1, 0.15) is 24.2 Å². The molecule has 0 aliphatic heterocycles. The summed E-state index contributed by atoms with van der Waals surface area (Å²) in [6.45, 7) is 0.741. The van der Waals surface area contributed by atoms with Gasteiger partial charge in [0.05, 0.1) is 24.9 Å². The maximum absolute atomic E-state index is 9.22. The van der Waals surface area contributed by atoms with Crippen molar-refractivity contribution >= 4 is 0 Å². The molecule has 72 valence electrons. The Balaban J connectivity index is 2.24. The Morgan fingerprint density at radius 1 is 1.62 bits per heavy atom. The lowest BCUT2D eigenvalue weighted by Gasteiger charge is -2.10. The van der Waals surface area contributed by atoms with Gasteiger partial charge in [0.25, 0.3) is 0 Å². The van der Waals surface area contributed by atoms with E-state index in [1.165, 1.54) is 0 Å². The monoisotopic (exact) mass is 182 g/mol. The molecule has 0 bridgehead atoms. The van der Waals surface area contributed by atoms with Gasteiger partial charge in [0.1, 0.15) is 5.76 Å². The first-order chi connectivity index (χ1) is 6.32. The van der Waals surface area contributed by atoms with Crippen LogP contribution in [0.15, 0.2) is 16.7 Å². The van der Waals surface area contributed by atoms with Crippen LogP contribution in [0.25, 0.3) is 0 Å². The van der Waals surface area contributed by atoms with Crippen molar-refractivity contribution in [3.63, 3.8) is 0 Å². The number of hydrogen-bond donors (Lipinski definition) is 1. The van der Waals surface area contributed by atoms with E-state index < -0.39 is 0 Å². The predicted octanol–water partition coefficient (Wildman–Crippen LogP) is 1.45. The molecule has 1 saturated carbocycles. The van der Waals surface area contributed by atoms with Gasteiger partial charge >= 0.3 is 0 Å². The normalized spacial score (nSPS) is 18.9. The predicted molar refractivity (Wildman–Crippen MR) is 47.4 cm³/mol. The highest BCUT2D eigenvalue weighted by Crippen LogP contribution is 2.49. The van der Waals surface area contributed by atoms with E-state index >= 15 is 0 Å². The molecule has 0 radical (unpaired) electrons. The van der Waals surface area contributed by atoms with Crippen LogP contribution in [0.2, 0.25) is 0 Å². The summed E-state index contributed by atoms with van der Waals surface area (Å²) in [5.41, 5.74) is 0.978. The van der Waals surface area contributed by atoms with E-state index in [0.29, 0.717) is 6.61 Å². The molecular weight excluding hydrogens is 168 g/mol. The van der Waals surface area contributed by atoms with E-state index in [1.54, 1.807) is 13.4 Å². The van der Waals surface area contributed by atoms with Crippen molar-refractivity contribution in [2.75, 3.05) is 13.7 Å². The van der Waals surface area contributed by atoms with Crippen molar-refractivity contribution in [1.82, 2.24) is 0 Å². The van der Waals surface area contributed by atoms with Crippen LogP contribution in [0, 0.1) is 0 Å². The number of furan rings is 1. The van der Waals surface area contributed by atoms with Gasteiger partial charge in [-0.1, -0.05) is 0 Å². The first-order valence-electron chi connectivity index (χ1n) is 4.49. The van der Waals surface area contributed by atoms with Gasteiger partial charge in [-0.2, -0.15) is 0 Å². The Kier molecular flexibility index (Phi) is 2.14. The van der Waals surface area contributed by atoms with Gasteiger partial charge in [-0.15, -0.1) is 0 Å². The van der Waals surface area contributed by atoms with Crippen LogP contribution < -0.4 is 0 Å². The van der Waals surface area contributed by atoms with E-state index in [1.807, 2.05) is 6.07 Å². The summed E-state index contributed by atoms with van der Waals surface area (Å²) in [5, 5.41) is 9.22. The largest absolute Gasteiger partial charge is 0.468 e. The molecule has 3 heteroatoms. The zero-order valence-electron chi connectivity index (χ0n) is 7.75. The SMILES string of the molecule is COCc1ccoc1C1(CO)CC1. The molecule has 1 aromatic rings. The number of methoxy groups -OCH3 is 1. The van der Waals surface area contributed by atoms with E-state index in [4.69, 9.17) is 9.15 Å². The first kappa shape index (κ1) is 8.78. The Labute approximate surface area is 77.3 Å². The second-order valence-electron chi connectivity index (χ2n) is 3.65. The minimum Gasteiger partial charge on any atom is -0.468 e. The highest BCUT2D eigenvalue weighted by molar-refractivity contribution is 5.30. The Morgan fingerprint density at radius 2 is 2.38 bits per heavy atom. The lowest BCUT2D eigenvalue weighted by Crippen LogP contribution is -2.13. The minimum atomic E-state index is -0.0859. The Morgan fingerprint density at radius 3 is 2.92 bits per heavy atom. The highest BCUT2D eigenvalue weighted by Gasteiger charge is 2.47. The summed E-state index contributed by atoms with van der Waals surface area (Å²) in [7, 11) is 1.66. The standard InChI is InChI=1S/C10H14O3/c1-12-6-8-2-5-13-9(8)10(7-11)3-4-10/h2,5,11H,3-4,6-7H2,1H3. The molecule has 0 spiro atoms. The molecule has 13 heavy (non-hydrogen) atoms. The van der Waals surface area contributed by atoms with Gasteiger partial charge in [0, 0.05) is 12.7 Å². The molecule has 0 aromatic carbocycles. The lowest BCUT2D eigenvalue weighted by atomic mass is 10.0. The van der Waals surface area contributed by atoms with Crippen LogP contribution >= 0.6 is 0 Å². The maximum Gasteiger partial charge on any atom is 0.117 e. The van der Waals surface area contributed by atoms with Gasteiger partial charge in [-0.3, -0.25) is 0 Å². The van der Waals surface area contributed by atoms with E-state index in [0.717, 1.165) is 24.2 Å². The molecule has 0 atom stereocenters. The molecular formula is C10H14O3. The molecule has 0 amide bonds. The van der Waals surface area contributed by atoms with Crippen molar-refractivity contribution in [3.05, 3.63) is 23.7 Å². The minimum absolute atomic E-state index is 0.0859. The number of rotatable bonds is 4. The maximum atomic E-state index is 9.22. The van der Waals surface area contributed by atoms with Gasteiger partial charge in [0.2, 0.25) is 0 Å². The van der Waals surface area contributed by atoms with Crippen LogP contribution in [0.5, 0.6) is 0 Å². The number of aliphatic hydroxyl groups excluding tert-OH is 1. The molecule has 0 saturated heterocycles. The average molecular weight is 182 g/mol. The van der Waals surface area contributed by atoms with Crippen molar-refractivity contribution in [2.45, 2.75) is 24.9 Å². The molecule has 1 N–H and O–H groups in total. The van der Waals surface area contributed by atoms with E-state index in [9.17, 15) is 5.11 Å². The zero-order chi connectivity index (χ0) is 9.31. The molecule has 3 nitrogen and oxygen atoms in total. The van der Waals surface area contributed by atoms with Crippen LogP contribution in [0.4, 0.5) is 0 Å². The van der Waals surface area contributed by atoms with Crippen LogP contribution in [-0.2, 0) is 16.8 Å². The molecule has 1 heterocycles. The van der Waals surface area contributed by atoms with Crippen molar-refractivity contribution in [3.8, 4) is 0 Å². The summed E-state index contributed by atoms with van der Waals surface area (Å²) in [6.07, 6.45) is 3.71. The summed E-state index contributed by atoms with van der Waals surface area (Å²) in [6, 6.07) is 1.91. The van der Waals surface area contributed by atoms with Crippen molar-refractivity contribution in [2.24, 2.45) is 0 Å². The molecule has 1 aliphatic carbocycles. The van der Waals surface area contributed by atoms with E-state index in [2.05, 4.69) is 0 Å². The zero-order valence-corrected chi connectivity index (χ0v) is 7.75. The van der Waals surface area contributed by atoms with E-state index in [-0.39, 0.29) is 12.0 Å². The van der Waals surface area contributed by atoms with Gasteiger partial charge in [-0.05, 0) is 18.9 Å². The molecule has 0 unspecified atom stereocenters. The third kappa shape index (κ3) is 1.38. The lowest BCUT2D eigenvalue weighted by molar-refractivity contribution is 0.178. The first-order valence-corrected chi connectivity index (χ1v) is 4.49. The topological polar surface area (TPSA) is 42.6 Å². The Hall–Kier alpha value is -0.800. The molecule has 1 aliphatic rings. The van der Waals surface area contributed by atoms with Crippen LogP contribution in [0.3, 0.4) is 0 Å². The second-order valence-corrected chi connectivity index (χ2v) is 3.65. The number of ether oxygens (including phenoxy) is 1. The van der Waals surface area contributed by atoms with Gasteiger partial charge < -0.3 is 14.3 Å². The smallest absolute Gasteiger partial charge is 0.117 e. The summed E-state index contributed by atoms with van der Waals surface area (Å²) in [5.74, 6) is 0.914. The summed E-state index contributed by atoms with van der Waals surface area (Å²) in [4.78, 5) is 0. The summed E-state index contributed by atoms with van der Waals surface area (Å²) >= 11 is 0. The number of aliphatic hydroxyl groups is 1. The fraction of sp³-hybridized carbons (Fsp3) is 0.600. The molecule has 2 rings (SSSR count). The average Bonchev–Trinajstić information content (AvgIpc) is 2.82. The third-order valence-electron chi connectivity index (χ3n) is 2.68. The van der Waals surface area contributed by atoms with Gasteiger partial charge in [-0.25, -0.2) is 0 Å². The highest BCUT2D eigenvalue weighted by atomic mass is 16.5. The fourth-order valence-electron chi connectivity index (χ4n) is 1.68. The second kappa shape index (κ2) is 3.16. The summed E-state index contributed by atoms with van der Waals surface area (Å²) < 4.78 is 10.4. The van der Waals surface area contributed by atoms with Crippen molar-refractivity contribution < 1.29 is 14.3 Å². The fourth-order valence-corrected chi connectivity index (χ4v) is 1.68. The third-order valence-corrected chi connectivity index (χ3v) is 2.68. The van der Waals surface area contributed by atoms with Crippen LogP contribution in [-0.4, -0.2) is 18.8 Å². The Bertz CT molecular complexity index is 286. The number of hydrogen-bond acceptors (Lipinski definition) is 3. The van der Waals surface area contributed by atoms with Crippen molar-refractivity contribution in [1.29, 1.82) is 0 Å². The van der Waals surface area contributed by atoms with Gasteiger partial charge in [0.15, 0.2) is 0 Å². The quantitative estimate of drug-likeness (QED) is 0.766. The molecule has 1 fully saturated rings.